The predicted octanol–water partition coefficient (Wildman–Crippen LogP) is 3.24. The first-order chi connectivity index (χ1) is 7.60. The van der Waals surface area contributed by atoms with E-state index >= 15 is 0 Å². The molecular formula is C11H7BrFN3. The molecule has 3 nitrogen and oxygen atoms in total. The maximum atomic E-state index is 13.1. The molecule has 1 N–H and O–H groups in total. The van der Waals surface area contributed by atoms with Crippen LogP contribution in [0.15, 0.2) is 28.4 Å². The summed E-state index contributed by atoms with van der Waals surface area (Å²) in [6, 6.07) is 6.28. The number of anilines is 1. The average Bonchev–Trinajstić information content (AvgIpc) is 2.30. The van der Waals surface area contributed by atoms with E-state index in [-0.39, 0.29) is 11.4 Å². The molecule has 0 amide bonds. The maximum Gasteiger partial charge on any atom is 0.145 e. The van der Waals surface area contributed by atoms with Gasteiger partial charge in [-0.3, -0.25) is 0 Å². The molecule has 0 bridgehead atoms. The van der Waals surface area contributed by atoms with Crippen molar-refractivity contribution < 1.29 is 4.39 Å². The van der Waals surface area contributed by atoms with Crippen LogP contribution in [0.1, 0.15) is 5.56 Å². The molecule has 80 valence electrons. The van der Waals surface area contributed by atoms with Gasteiger partial charge in [0.05, 0.1) is 4.47 Å². The van der Waals surface area contributed by atoms with Crippen LogP contribution in [0.5, 0.6) is 0 Å². The molecule has 0 aliphatic carbocycles. The molecule has 5 heteroatoms. The van der Waals surface area contributed by atoms with Crippen molar-refractivity contribution in [1.29, 1.82) is 10.5 Å². The summed E-state index contributed by atoms with van der Waals surface area (Å²) in [6.45, 7) is 1.72. The zero-order chi connectivity index (χ0) is 12.1. The molecule has 0 heterocycles. The number of rotatable bonds is 2. The van der Waals surface area contributed by atoms with E-state index in [0.29, 0.717) is 15.7 Å². The first-order valence-electron chi connectivity index (χ1n) is 4.31. The van der Waals surface area contributed by atoms with Crippen LogP contribution in [-0.4, -0.2) is 0 Å². The van der Waals surface area contributed by atoms with Crippen LogP contribution in [0, 0.1) is 35.4 Å². The molecule has 1 aromatic rings. The van der Waals surface area contributed by atoms with Crippen LogP contribution >= 0.6 is 15.9 Å². The maximum absolute atomic E-state index is 13.1. The number of nitrogens with one attached hydrogen (secondary N) is 1. The number of hydrogen-bond donors (Lipinski definition) is 1. The molecule has 0 atom stereocenters. The smallest absolute Gasteiger partial charge is 0.145 e. The molecule has 16 heavy (non-hydrogen) atoms. The lowest BCUT2D eigenvalue weighted by Crippen LogP contribution is -1.95. The number of nitriles is 2. The second kappa shape index (κ2) is 5.29. The highest BCUT2D eigenvalue weighted by molar-refractivity contribution is 9.10. The van der Waals surface area contributed by atoms with Crippen molar-refractivity contribution in [3.63, 3.8) is 0 Å². The molecule has 0 aliphatic rings. The van der Waals surface area contributed by atoms with Gasteiger partial charge in [0.2, 0.25) is 0 Å². The quantitative estimate of drug-likeness (QED) is 0.846. The van der Waals surface area contributed by atoms with E-state index in [1.165, 1.54) is 18.3 Å². The van der Waals surface area contributed by atoms with Gasteiger partial charge in [0.25, 0.3) is 0 Å². The zero-order valence-corrected chi connectivity index (χ0v) is 9.97. The lowest BCUT2D eigenvalue weighted by Gasteiger charge is -2.07. The SMILES string of the molecule is Cc1c(NC=C(C#N)C#N)ccc(F)c1Br. The van der Waals surface area contributed by atoms with Crippen LogP contribution in [-0.2, 0) is 0 Å². The van der Waals surface area contributed by atoms with E-state index in [0.717, 1.165) is 0 Å². The van der Waals surface area contributed by atoms with Crippen LogP contribution < -0.4 is 5.32 Å². The third-order valence-electron chi connectivity index (χ3n) is 1.95. The molecule has 0 aliphatic heterocycles. The topological polar surface area (TPSA) is 59.6 Å². The molecule has 1 rings (SSSR count). The Morgan fingerprint density at radius 1 is 1.44 bits per heavy atom. The Bertz CT molecular complexity index is 507. The van der Waals surface area contributed by atoms with Crippen molar-refractivity contribution in [2.24, 2.45) is 0 Å². The van der Waals surface area contributed by atoms with Gasteiger partial charge in [-0.25, -0.2) is 4.39 Å². The number of hydrogen-bond acceptors (Lipinski definition) is 3. The standard InChI is InChI=1S/C11H7BrFN3/c1-7-10(3-2-9(13)11(7)12)16-6-8(4-14)5-15/h2-3,6,16H,1H3. The summed E-state index contributed by atoms with van der Waals surface area (Å²) in [7, 11) is 0. The van der Waals surface area contributed by atoms with Crippen LogP contribution in [0.3, 0.4) is 0 Å². The summed E-state index contributed by atoms with van der Waals surface area (Å²) in [4.78, 5) is 0. The molecule has 0 aromatic heterocycles. The lowest BCUT2D eigenvalue weighted by atomic mass is 10.2. The van der Waals surface area contributed by atoms with E-state index < -0.39 is 0 Å². The Balaban J connectivity index is 3.02. The minimum absolute atomic E-state index is 0.0418. The summed E-state index contributed by atoms with van der Waals surface area (Å²) < 4.78 is 13.5. The Hall–Kier alpha value is -1.85. The average molecular weight is 280 g/mol. The van der Waals surface area contributed by atoms with Crippen molar-refractivity contribution in [2.45, 2.75) is 6.92 Å². The van der Waals surface area contributed by atoms with Crippen molar-refractivity contribution in [2.75, 3.05) is 5.32 Å². The van der Waals surface area contributed by atoms with Gasteiger partial charge >= 0.3 is 0 Å². The van der Waals surface area contributed by atoms with E-state index in [1.54, 1.807) is 19.1 Å². The third kappa shape index (κ3) is 2.59. The fourth-order valence-electron chi connectivity index (χ4n) is 1.05. The van der Waals surface area contributed by atoms with Crippen LogP contribution in [0.25, 0.3) is 0 Å². The molecular weight excluding hydrogens is 273 g/mol. The van der Waals surface area contributed by atoms with Gasteiger partial charge in [0.1, 0.15) is 23.5 Å². The van der Waals surface area contributed by atoms with Crippen LogP contribution in [0.2, 0.25) is 0 Å². The molecule has 0 unspecified atom stereocenters. The second-order valence-corrected chi connectivity index (χ2v) is 3.75. The Morgan fingerprint density at radius 3 is 2.62 bits per heavy atom. The van der Waals surface area contributed by atoms with Gasteiger partial charge in [-0.15, -0.1) is 0 Å². The Kier molecular flexibility index (Phi) is 4.04. The molecule has 1 aromatic carbocycles. The zero-order valence-electron chi connectivity index (χ0n) is 8.38. The largest absolute Gasteiger partial charge is 0.360 e. The Labute approximate surface area is 101 Å². The van der Waals surface area contributed by atoms with E-state index in [4.69, 9.17) is 10.5 Å². The van der Waals surface area contributed by atoms with E-state index in [9.17, 15) is 4.39 Å². The Morgan fingerprint density at radius 2 is 2.06 bits per heavy atom. The molecule has 0 fully saturated rings. The van der Waals surface area contributed by atoms with Gasteiger partial charge in [0.15, 0.2) is 0 Å². The fourth-order valence-corrected chi connectivity index (χ4v) is 1.39. The first kappa shape index (κ1) is 12.2. The van der Waals surface area contributed by atoms with Crippen molar-refractivity contribution in [3.8, 4) is 12.1 Å². The van der Waals surface area contributed by atoms with Crippen LogP contribution in [0.4, 0.5) is 10.1 Å². The van der Waals surface area contributed by atoms with Gasteiger partial charge in [-0.05, 0) is 40.5 Å². The summed E-state index contributed by atoms with van der Waals surface area (Å²) in [5.74, 6) is -0.354. The monoisotopic (exact) mass is 279 g/mol. The summed E-state index contributed by atoms with van der Waals surface area (Å²) >= 11 is 3.11. The van der Waals surface area contributed by atoms with Gasteiger partial charge in [-0.2, -0.15) is 10.5 Å². The van der Waals surface area contributed by atoms with Crippen molar-refractivity contribution in [3.05, 3.63) is 39.8 Å². The first-order valence-corrected chi connectivity index (χ1v) is 5.11. The minimum Gasteiger partial charge on any atom is -0.360 e. The summed E-state index contributed by atoms with van der Waals surface area (Å²) in [6.07, 6.45) is 1.28. The number of nitrogens with zero attached hydrogens (tertiary/aromatic N) is 2. The highest BCUT2D eigenvalue weighted by atomic mass is 79.9. The molecule has 0 radical (unpaired) electrons. The second-order valence-electron chi connectivity index (χ2n) is 2.96. The van der Waals surface area contributed by atoms with Crippen molar-refractivity contribution in [1.82, 2.24) is 0 Å². The normalized spacial score (nSPS) is 8.81. The fraction of sp³-hybridized carbons (Fsp3) is 0.0909. The highest BCUT2D eigenvalue weighted by Gasteiger charge is 2.06. The molecule has 0 saturated carbocycles. The predicted molar refractivity (Wildman–Crippen MR) is 61.8 cm³/mol. The lowest BCUT2D eigenvalue weighted by molar-refractivity contribution is 0.620. The minimum atomic E-state index is -0.354. The number of allylic oxidation sites excluding steroid dienone is 1. The van der Waals surface area contributed by atoms with Crippen molar-refractivity contribution >= 4 is 21.6 Å². The summed E-state index contributed by atoms with van der Waals surface area (Å²) in [5.41, 5.74) is 1.27. The summed E-state index contributed by atoms with van der Waals surface area (Å²) in [5, 5.41) is 19.8. The number of benzene rings is 1. The van der Waals surface area contributed by atoms with E-state index in [2.05, 4.69) is 21.2 Å². The third-order valence-corrected chi connectivity index (χ3v) is 2.93. The molecule has 0 spiro atoms. The highest BCUT2D eigenvalue weighted by Crippen LogP contribution is 2.26. The van der Waals surface area contributed by atoms with Gasteiger partial charge < -0.3 is 5.32 Å². The van der Waals surface area contributed by atoms with Gasteiger partial charge in [-0.1, -0.05) is 0 Å². The molecule has 0 saturated heterocycles. The number of halogens is 2. The van der Waals surface area contributed by atoms with Gasteiger partial charge in [0, 0.05) is 11.9 Å². The van der Waals surface area contributed by atoms with E-state index in [1.807, 2.05) is 0 Å².